The first-order chi connectivity index (χ1) is 13.2. The van der Waals surface area contributed by atoms with Crippen molar-refractivity contribution in [1.82, 2.24) is 4.98 Å². The van der Waals surface area contributed by atoms with Crippen molar-refractivity contribution in [2.75, 3.05) is 5.32 Å². The monoisotopic (exact) mass is 376 g/mol. The number of thiazole rings is 1. The molecular formula is C22H17FN2OS. The molecule has 0 fully saturated rings. The summed E-state index contributed by atoms with van der Waals surface area (Å²) in [4.78, 5) is 16.0. The van der Waals surface area contributed by atoms with Crippen LogP contribution in [0.3, 0.4) is 0 Å². The zero-order chi connectivity index (χ0) is 18.6. The minimum atomic E-state index is -0.284. The van der Waals surface area contributed by atoms with Crippen LogP contribution in [0.2, 0.25) is 0 Å². The van der Waals surface area contributed by atoms with Crippen molar-refractivity contribution in [3.8, 4) is 11.3 Å². The van der Waals surface area contributed by atoms with E-state index in [2.05, 4.69) is 10.3 Å². The molecule has 3 nitrogen and oxygen atoms in total. The summed E-state index contributed by atoms with van der Waals surface area (Å²) in [6.07, 6.45) is 0. The van der Waals surface area contributed by atoms with E-state index in [1.807, 2.05) is 60.7 Å². The predicted octanol–water partition coefficient (Wildman–Crippen LogP) is 5.44. The molecule has 0 aliphatic rings. The Morgan fingerprint density at radius 1 is 0.852 bits per heavy atom. The molecular weight excluding hydrogens is 359 g/mol. The summed E-state index contributed by atoms with van der Waals surface area (Å²) in [7, 11) is 0. The molecule has 1 atom stereocenters. The number of benzene rings is 3. The third kappa shape index (κ3) is 3.83. The number of anilines is 1. The topological polar surface area (TPSA) is 44.9 Å². The van der Waals surface area contributed by atoms with Crippen molar-refractivity contribution >= 4 is 17.0 Å². The smallest absolute Gasteiger partial charge is 0.305 e. The molecule has 0 aliphatic heterocycles. The summed E-state index contributed by atoms with van der Waals surface area (Å²) in [5, 5.41) is 3.45. The number of rotatable bonds is 5. The second kappa shape index (κ2) is 7.60. The third-order valence-corrected chi connectivity index (χ3v) is 5.24. The highest BCUT2D eigenvalue weighted by molar-refractivity contribution is 7.09. The van der Waals surface area contributed by atoms with Crippen molar-refractivity contribution in [2.45, 2.75) is 6.04 Å². The van der Waals surface area contributed by atoms with E-state index in [1.165, 1.54) is 23.5 Å². The SMILES string of the molecule is O=c1[nH]c(-c2ccccc2)c([C@H](Nc2ccc(F)cc2)c2ccccc2)s1. The number of H-pyrrole nitrogens is 1. The van der Waals surface area contributed by atoms with Gasteiger partial charge in [-0.3, -0.25) is 4.79 Å². The summed E-state index contributed by atoms with van der Waals surface area (Å²) in [6.45, 7) is 0. The van der Waals surface area contributed by atoms with Crippen LogP contribution in [-0.2, 0) is 0 Å². The summed E-state index contributed by atoms with van der Waals surface area (Å²) in [5.41, 5.74) is 3.56. The molecule has 0 saturated heterocycles. The van der Waals surface area contributed by atoms with E-state index in [9.17, 15) is 9.18 Å². The summed E-state index contributed by atoms with van der Waals surface area (Å²) in [6, 6.07) is 25.7. The number of hydrogen-bond donors (Lipinski definition) is 2. The van der Waals surface area contributed by atoms with Crippen LogP contribution in [0.4, 0.5) is 10.1 Å². The average molecular weight is 376 g/mol. The predicted molar refractivity (Wildman–Crippen MR) is 109 cm³/mol. The molecule has 3 aromatic carbocycles. The van der Waals surface area contributed by atoms with Gasteiger partial charge in [-0.2, -0.15) is 0 Å². The fourth-order valence-electron chi connectivity index (χ4n) is 3.02. The van der Waals surface area contributed by atoms with Gasteiger partial charge >= 0.3 is 4.87 Å². The molecule has 1 heterocycles. The maximum absolute atomic E-state index is 13.3. The quantitative estimate of drug-likeness (QED) is 0.487. The van der Waals surface area contributed by atoms with Crippen LogP contribution in [0.1, 0.15) is 16.5 Å². The van der Waals surface area contributed by atoms with Crippen LogP contribution in [0.25, 0.3) is 11.3 Å². The minimum Gasteiger partial charge on any atom is -0.373 e. The highest BCUT2D eigenvalue weighted by Gasteiger charge is 2.22. The second-order valence-electron chi connectivity index (χ2n) is 6.11. The fourth-order valence-corrected chi connectivity index (χ4v) is 3.96. The summed E-state index contributed by atoms with van der Waals surface area (Å²) < 4.78 is 13.3. The lowest BCUT2D eigenvalue weighted by Crippen LogP contribution is -2.12. The molecule has 0 amide bonds. The maximum Gasteiger partial charge on any atom is 0.305 e. The number of aromatic nitrogens is 1. The molecule has 0 radical (unpaired) electrons. The molecule has 0 aliphatic carbocycles. The lowest BCUT2D eigenvalue weighted by atomic mass is 10.0. The molecule has 0 saturated carbocycles. The van der Waals surface area contributed by atoms with Crippen LogP contribution < -0.4 is 10.2 Å². The lowest BCUT2D eigenvalue weighted by molar-refractivity contribution is 0.628. The van der Waals surface area contributed by atoms with E-state index in [-0.39, 0.29) is 16.7 Å². The highest BCUT2D eigenvalue weighted by Crippen LogP contribution is 2.34. The largest absolute Gasteiger partial charge is 0.373 e. The van der Waals surface area contributed by atoms with E-state index in [0.29, 0.717) is 0 Å². The summed E-state index contributed by atoms with van der Waals surface area (Å²) in [5.74, 6) is -0.284. The molecule has 1 aromatic heterocycles. The lowest BCUT2D eigenvalue weighted by Gasteiger charge is -2.20. The van der Waals surface area contributed by atoms with Crippen molar-refractivity contribution in [3.63, 3.8) is 0 Å². The number of hydrogen-bond acceptors (Lipinski definition) is 3. The fraction of sp³-hybridized carbons (Fsp3) is 0.0455. The van der Waals surface area contributed by atoms with Crippen LogP contribution in [-0.4, -0.2) is 4.98 Å². The van der Waals surface area contributed by atoms with E-state index in [0.717, 1.165) is 27.4 Å². The Labute approximate surface area is 160 Å². The zero-order valence-electron chi connectivity index (χ0n) is 14.4. The first-order valence-corrected chi connectivity index (χ1v) is 9.38. The van der Waals surface area contributed by atoms with Crippen LogP contribution >= 0.6 is 11.3 Å². The van der Waals surface area contributed by atoms with Crippen molar-refractivity contribution < 1.29 is 4.39 Å². The first kappa shape index (κ1) is 17.2. The molecule has 0 unspecified atom stereocenters. The molecule has 134 valence electrons. The molecule has 4 rings (SSSR count). The zero-order valence-corrected chi connectivity index (χ0v) is 15.2. The third-order valence-electron chi connectivity index (χ3n) is 4.29. The van der Waals surface area contributed by atoms with Gasteiger partial charge in [-0.15, -0.1) is 0 Å². The van der Waals surface area contributed by atoms with E-state index in [4.69, 9.17) is 0 Å². The first-order valence-electron chi connectivity index (χ1n) is 8.56. The van der Waals surface area contributed by atoms with Crippen molar-refractivity contribution in [2.24, 2.45) is 0 Å². The number of halogens is 1. The second-order valence-corrected chi connectivity index (χ2v) is 7.13. The van der Waals surface area contributed by atoms with Gasteiger partial charge in [0.1, 0.15) is 5.82 Å². The van der Waals surface area contributed by atoms with Gasteiger partial charge in [0.15, 0.2) is 0 Å². The average Bonchev–Trinajstić information content (AvgIpc) is 3.10. The van der Waals surface area contributed by atoms with Gasteiger partial charge in [0.25, 0.3) is 0 Å². The highest BCUT2D eigenvalue weighted by atomic mass is 32.1. The Morgan fingerprint density at radius 2 is 1.48 bits per heavy atom. The molecule has 27 heavy (non-hydrogen) atoms. The Morgan fingerprint density at radius 3 is 2.15 bits per heavy atom. The Balaban J connectivity index is 1.82. The summed E-state index contributed by atoms with van der Waals surface area (Å²) >= 11 is 1.19. The van der Waals surface area contributed by atoms with Gasteiger partial charge in [0.05, 0.1) is 16.6 Å². The van der Waals surface area contributed by atoms with E-state index < -0.39 is 0 Å². The molecule has 4 aromatic rings. The minimum absolute atomic E-state index is 0.106. The van der Waals surface area contributed by atoms with Gasteiger partial charge in [-0.25, -0.2) is 4.39 Å². The van der Waals surface area contributed by atoms with Crippen LogP contribution in [0.15, 0.2) is 89.7 Å². The van der Waals surface area contributed by atoms with Gasteiger partial charge in [0.2, 0.25) is 0 Å². The van der Waals surface area contributed by atoms with Crippen molar-refractivity contribution in [1.29, 1.82) is 0 Å². The van der Waals surface area contributed by atoms with Gasteiger partial charge in [0, 0.05) is 5.69 Å². The number of aromatic amines is 1. The standard InChI is InChI=1S/C22H17FN2OS/c23-17-11-13-18(14-12-17)24-19(15-7-3-1-4-8-15)21-20(25-22(26)27-21)16-9-5-2-6-10-16/h1-14,19,24H,(H,25,26)/t19-/m1/s1. The van der Waals surface area contributed by atoms with Crippen molar-refractivity contribution in [3.05, 3.63) is 111 Å². The van der Waals surface area contributed by atoms with E-state index >= 15 is 0 Å². The van der Waals surface area contributed by atoms with Gasteiger partial charge in [-0.05, 0) is 35.4 Å². The number of nitrogens with one attached hydrogen (secondary N) is 2. The Kier molecular flexibility index (Phi) is 4.85. The normalized spacial score (nSPS) is 11.9. The molecule has 5 heteroatoms. The van der Waals surface area contributed by atoms with Crippen LogP contribution in [0, 0.1) is 5.82 Å². The van der Waals surface area contributed by atoms with E-state index in [1.54, 1.807) is 12.1 Å². The molecule has 0 bridgehead atoms. The van der Waals surface area contributed by atoms with Gasteiger partial charge < -0.3 is 10.3 Å². The maximum atomic E-state index is 13.3. The molecule has 2 N–H and O–H groups in total. The van der Waals surface area contributed by atoms with Gasteiger partial charge in [-0.1, -0.05) is 72.0 Å². The Bertz CT molecular complexity index is 1070. The Hall–Kier alpha value is -3.18. The van der Waals surface area contributed by atoms with Crippen LogP contribution in [0.5, 0.6) is 0 Å². The molecule has 0 spiro atoms.